The van der Waals surface area contributed by atoms with Crippen molar-refractivity contribution in [3.63, 3.8) is 0 Å². The Morgan fingerprint density at radius 2 is 1.32 bits per heavy atom. The van der Waals surface area contributed by atoms with Crippen LogP contribution >= 0.6 is 0 Å². The molecule has 0 aromatic heterocycles. The van der Waals surface area contributed by atoms with Crippen LogP contribution in [0.4, 0.5) is 5.69 Å². The predicted octanol–water partition coefficient (Wildman–Crippen LogP) is 5.32. The highest BCUT2D eigenvalue weighted by Crippen LogP contribution is 2.19. The molecule has 0 N–H and O–H groups in total. The molecule has 0 unspecified atom stereocenters. The van der Waals surface area contributed by atoms with Crippen molar-refractivity contribution in [1.82, 2.24) is 9.80 Å². The monoisotopic (exact) mass is 347 g/mol. The fourth-order valence-electron chi connectivity index (χ4n) is 2.76. The summed E-state index contributed by atoms with van der Waals surface area (Å²) in [6, 6.07) is 8.03. The van der Waals surface area contributed by atoms with Crippen molar-refractivity contribution in [3.05, 3.63) is 24.3 Å². The Morgan fingerprint density at radius 1 is 0.800 bits per heavy atom. The van der Waals surface area contributed by atoms with E-state index < -0.39 is 0 Å². The molecule has 4 nitrogen and oxygen atoms in total. The van der Waals surface area contributed by atoms with E-state index >= 15 is 0 Å². The van der Waals surface area contributed by atoms with Crippen LogP contribution in [0.3, 0.4) is 0 Å². The summed E-state index contributed by atoms with van der Waals surface area (Å²) >= 11 is 0. The second kappa shape index (κ2) is 12.6. The summed E-state index contributed by atoms with van der Waals surface area (Å²) in [6.07, 6.45) is 10.6. The number of hydrogen-bond donors (Lipinski definition) is 0. The molecule has 0 saturated carbocycles. The number of unbranched alkanes of at least 4 members (excludes halogenated alkanes) is 7. The van der Waals surface area contributed by atoms with Gasteiger partial charge in [-0.15, -0.1) is 0 Å². The first-order chi connectivity index (χ1) is 12.0. The first kappa shape index (κ1) is 21.3. The molecule has 0 saturated heterocycles. The first-order valence-electron chi connectivity index (χ1n) is 9.70. The molecule has 0 amide bonds. The van der Waals surface area contributed by atoms with Gasteiger partial charge in [-0.3, -0.25) is 0 Å². The lowest BCUT2D eigenvalue weighted by atomic mass is 10.1. The van der Waals surface area contributed by atoms with E-state index in [0.29, 0.717) is 0 Å². The summed E-state index contributed by atoms with van der Waals surface area (Å²) in [5.41, 5.74) is 0.942. The Kier molecular flexibility index (Phi) is 10.8. The molecule has 4 heteroatoms. The largest absolute Gasteiger partial charge is 0.494 e. The molecule has 1 rings (SSSR count). The summed E-state index contributed by atoms with van der Waals surface area (Å²) in [5, 5.41) is 0. The lowest BCUT2D eigenvalue weighted by Crippen LogP contribution is -2.35. The van der Waals surface area contributed by atoms with Crippen LogP contribution in [0, 0.1) is 0 Å². The topological polar surface area (TPSA) is 28.1 Å². The van der Waals surface area contributed by atoms with E-state index in [4.69, 9.17) is 4.74 Å². The SMILES string of the molecule is CCCCCCCCCCOc1ccc(N=C(N(C)C)N(C)C)cc1. The van der Waals surface area contributed by atoms with Gasteiger partial charge in [-0.2, -0.15) is 0 Å². The van der Waals surface area contributed by atoms with Crippen LogP contribution in [0.25, 0.3) is 0 Å². The molecule has 0 aliphatic carbocycles. The highest BCUT2D eigenvalue weighted by molar-refractivity contribution is 5.82. The molecule has 25 heavy (non-hydrogen) atoms. The van der Waals surface area contributed by atoms with Crippen molar-refractivity contribution >= 4 is 11.6 Å². The van der Waals surface area contributed by atoms with E-state index in [1.54, 1.807) is 0 Å². The Balaban J connectivity index is 2.27. The molecule has 0 spiro atoms. The van der Waals surface area contributed by atoms with Crippen molar-refractivity contribution < 1.29 is 4.74 Å². The molecule has 1 aromatic rings. The fourth-order valence-corrected chi connectivity index (χ4v) is 2.76. The van der Waals surface area contributed by atoms with Crippen molar-refractivity contribution in [2.45, 2.75) is 58.3 Å². The number of ether oxygens (including phenoxy) is 1. The predicted molar refractivity (Wildman–Crippen MR) is 109 cm³/mol. The van der Waals surface area contributed by atoms with E-state index in [1.165, 1.54) is 44.9 Å². The van der Waals surface area contributed by atoms with Crippen LogP contribution in [-0.2, 0) is 0 Å². The van der Waals surface area contributed by atoms with E-state index in [2.05, 4.69) is 11.9 Å². The Bertz CT molecular complexity index is 470. The van der Waals surface area contributed by atoms with Crippen molar-refractivity contribution in [2.24, 2.45) is 4.99 Å². The van der Waals surface area contributed by atoms with Crippen molar-refractivity contribution in [3.8, 4) is 5.75 Å². The van der Waals surface area contributed by atoms with Crippen LogP contribution in [0.5, 0.6) is 5.75 Å². The molecular formula is C21H37N3O. The average molecular weight is 348 g/mol. The number of nitrogens with zero attached hydrogens (tertiary/aromatic N) is 3. The maximum absolute atomic E-state index is 5.84. The van der Waals surface area contributed by atoms with Gasteiger partial charge in [-0.05, 0) is 30.7 Å². The van der Waals surface area contributed by atoms with Crippen LogP contribution in [-0.4, -0.2) is 50.6 Å². The third-order valence-electron chi connectivity index (χ3n) is 4.13. The Hall–Kier alpha value is -1.71. The number of benzene rings is 1. The maximum atomic E-state index is 5.84. The van der Waals surface area contributed by atoms with Gasteiger partial charge in [0.25, 0.3) is 0 Å². The summed E-state index contributed by atoms with van der Waals surface area (Å²) in [7, 11) is 8.00. The smallest absolute Gasteiger partial charge is 0.200 e. The molecule has 0 aliphatic heterocycles. The lowest BCUT2D eigenvalue weighted by molar-refractivity contribution is 0.304. The van der Waals surface area contributed by atoms with E-state index in [0.717, 1.165) is 30.4 Å². The van der Waals surface area contributed by atoms with Gasteiger partial charge in [0.1, 0.15) is 5.75 Å². The summed E-state index contributed by atoms with van der Waals surface area (Å²) in [6.45, 7) is 3.07. The van der Waals surface area contributed by atoms with Gasteiger partial charge in [0.15, 0.2) is 0 Å². The zero-order chi connectivity index (χ0) is 18.5. The standard InChI is InChI=1S/C21H37N3O/c1-6-7-8-9-10-11-12-13-18-25-20-16-14-19(15-17-20)22-21(23(2)3)24(4)5/h14-17H,6-13,18H2,1-5H3. The van der Waals surface area contributed by atoms with Gasteiger partial charge >= 0.3 is 0 Å². The zero-order valence-electron chi connectivity index (χ0n) is 16.9. The molecule has 1 aromatic carbocycles. The molecule has 142 valence electrons. The maximum Gasteiger partial charge on any atom is 0.200 e. The van der Waals surface area contributed by atoms with Crippen LogP contribution in [0.1, 0.15) is 58.3 Å². The highest BCUT2D eigenvalue weighted by atomic mass is 16.5. The normalized spacial score (nSPS) is 10.4. The molecule has 0 aliphatic rings. The summed E-state index contributed by atoms with van der Waals surface area (Å²) < 4.78 is 5.84. The fraction of sp³-hybridized carbons (Fsp3) is 0.667. The van der Waals surface area contributed by atoms with Gasteiger partial charge in [0, 0.05) is 28.2 Å². The summed E-state index contributed by atoms with van der Waals surface area (Å²) in [4.78, 5) is 8.68. The van der Waals surface area contributed by atoms with Gasteiger partial charge in [-0.1, -0.05) is 51.9 Å². The molecule has 0 radical (unpaired) electrons. The second-order valence-electron chi connectivity index (χ2n) is 7.02. The van der Waals surface area contributed by atoms with E-state index in [9.17, 15) is 0 Å². The van der Waals surface area contributed by atoms with Gasteiger partial charge in [0.2, 0.25) is 5.96 Å². The minimum atomic E-state index is 0.804. The van der Waals surface area contributed by atoms with Crippen molar-refractivity contribution in [2.75, 3.05) is 34.8 Å². The van der Waals surface area contributed by atoms with Crippen LogP contribution < -0.4 is 4.74 Å². The molecule has 0 heterocycles. The number of rotatable bonds is 11. The molecular weight excluding hydrogens is 310 g/mol. The minimum absolute atomic E-state index is 0.804. The first-order valence-corrected chi connectivity index (χ1v) is 9.70. The molecule has 0 fully saturated rings. The zero-order valence-corrected chi connectivity index (χ0v) is 16.9. The number of guanidine groups is 1. The van der Waals surface area contributed by atoms with E-state index in [1.807, 2.05) is 62.3 Å². The summed E-state index contributed by atoms with van der Waals surface area (Å²) in [5.74, 6) is 1.85. The highest BCUT2D eigenvalue weighted by Gasteiger charge is 2.04. The van der Waals surface area contributed by atoms with Gasteiger partial charge in [-0.25, -0.2) is 4.99 Å². The van der Waals surface area contributed by atoms with Crippen molar-refractivity contribution in [1.29, 1.82) is 0 Å². The third-order valence-corrected chi connectivity index (χ3v) is 4.13. The van der Waals surface area contributed by atoms with Crippen LogP contribution in [0.2, 0.25) is 0 Å². The lowest BCUT2D eigenvalue weighted by Gasteiger charge is -2.22. The van der Waals surface area contributed by atoms with Gasteiger partial charge < -0.3 is 14.5 Å². The van der Waals surface area contributed by atoms with E-state index in [-0.39, 0.29) is 0 Å². The van der Waals surface area contributed by atoms with Crippen LogP contribution in [0.15, 0.2) is 29.3 Å². The number of hydrogen-bond acceptors (Lipinski definition) is 2. The quantitative estimate of drug-likeness (QED) is 0.308. The molecule has 0 atom stereocenters. The molecule has 0 bridgehead atoms. The Labute approximate surface area is 154 Å². The average Bonchev–Trinajstić information content (AvgIpc) is 2.58. The third kappa shape index (κ3) is 9.37. The van der Waals surface area contributed by atoms with Gasteiger partial charge in [0.05, 0.1) is 12.3 Å². The minimum Gasteiger partial charge on any atom is -0.494 e. The Morgan fingerprint density at radius 3 is 1.84 bits per heavy atom. The second-order valence-corrected chi connectivity index (χ2v) is 7.02. The number of aliphatic imine (C=N–C) groups is 1.